The largest absolute Gasteiger partial charge is 1.00 e. The predicted molar refractivity (Wildman–Crippen MR) is 23.0 cm³/mol. The third kappa shape index (κ3) is 7.90. The van der Waals surface area contributed by atoms with Crippen molar-refractivity contribution in [3.8, 4) is 0 Å². The van der Waals surface area contributed by atoms with Gasteiger partial charge in [-0.1, -0.05) is 0 Å². The van der Waals surface area contributed by atoms with Gasteiger partial charge in [0.15, 0.2) is 0 Å². The molecule has 0 fully saturated rings. The summed E-state index contributed by atoms with van der Waals surface area (Å²) in [4.78, 5) is 22.7. The molecular weight excluding hydrogens is 151 g/mol. The Kier molecular flexibility index (Phi) is 8.81. The average Bonchev–Trinajstić information content (AvgIpc) is 1.83. The monoisotopic (exact) mass is 156 g/mol. The number of carbonyl (C=O) groups excluding carboxylic acids is 2. The van der Waals surface area contributed by atoms with Gasteiger partial charge in [0.2, 0.25) is 0 Å². The van der Waals surface area contributed by atoms with Gasteiger partial charge in [0.25, 0.3) is 0 Å². The maximum Gasteiger partial charge on any atom is 1.00 e. The minimum Gasteiger partial charge on any atom is -0.550 e. The van der Waals surface area contributed by atoms with Gasteiger partial charge in [-0.3, -0.25) is 0 Å². The van der Waals surface area contributed by atoms with Crippen LogP contribution in [0.2, 0.25) is 0 Å². The first-order valence-electron chi connectivity index (χ1n) is 2.21. The van der Waals surface area contributed by atoms with E-state index in [2.05, 4.69) is 4.89 Å². The van der Waals surface area contributed by atoms with E-state index in [9.17, 15) is 14.7 Å². The summed E-state index contributed by atoms with van der Waals surface area (Å²) < 4.78 is 0. The summed E-state index contributed by atoms with van der Waals surface area (Å²) in [6, 6.07) is 0. The number of hydrogen-bond donors (Lipinski definition) is 1. The molecule has 0 aromatic carbocycles. The van der Waals surface area contributed by atoms with Gasteiger partial charge in [0, 0.05) is 5.97 Å². The van der Waals surface area contributed by atoms with Crippen molar-refractivity contribution in [2.75, 3.05) is 0 Å². The van der Waals surface area contributed by atoms with Crippen molar-refractivity contribution in [2.24, 2.45) is 0 Å². The number of aliphatic carboxylic acids is 1. The molecule has 6 heteroatoms. The first-order chi connectivity index (χ1) is 4.16. The second kappa shape index (κ2) is 7.01. The van der Waals surface area contributed by atoms with Crippen LogP contribution in [0, 0.1) is 0 Å². The maximum absolute atomic E-state index is 9.95. The fraction of sp³-hybridized carbons (Fsp3) is 0.500. The molecule has 5 nitrogen and oxygen atoms in total. The molecule has 0 unspecified atom stereocenters. The summed E-state index contributed by atoms with van der Waals surface area (Å²) in [6.45, 7) is 0. The molecule has 0 saturated carbocycles. The predicted octanol–water partition coefficient (Wildman–Crippen LogP) is -4.46. The molecule has 1 N–H and O–H groups in total. The average molecular weight is 156 g/mol. The summed E-state index contributed by atoms with van der Waals surface area (Å²) in [7, 11) is 0. The molecular formula is C4H5NaO5. The summed E-state index contributed by atoms with van der Waals surface area (Å²) in [5, 5.41) is 17.2. The quantitative estimate of drug-likeness (QED) is 0.253. The Morgan fingerprint density at radius 3 is 2.20 bits per heavy atom. The van der Waals surface area contributed by atoms with Crippen molar-refractivity contribution in [3.63, 3.8) is 0 Å². The Labute approximate surface area is 79.2 Å². The van der Waals surface area contributed by atoms with E-state index >= 15 is 0 Å². The van der Waals surface area contributed by atoms with E-state index in [-0.39, 0.29) is 36.0 Å². The molecule has 10 heavy (non-hydrogen) atoms. The van der Waals surface area contributed by atoms with Crippen LogP contribution >= 0.6 is 0 Å². The van der Waals surface area contributed by atoms with Crippen LogP contribution in [0.5, 0.6) is 0 Å². The molecule has 0 aliphatic rings. The third-order valence-electron chi connectivity index (χ3n) is 0.635. The Balaban J connectivity index is 0. The molecule has 0 saturated heterocycles. The van der Waals surface area contributed by atoms with E-state index in [1.807, 2.05) is 0 Å². The van der Waals surface area contributed by atoms with E-state index in [0.717, 1.165) is 0 Å². The molecule has 0 aromatic rings. The van der Waals surface area contributed by atoms with E-state index < -0.39 is 18.4 Å². The number of carbonyl (C=O) groups is 2. The zero-order chi connectivity index (χ0) is 7.28. The molecule has 0 aliphatic heterocycles. The van der Waals surface area contributed by atoms with Gasteiger partial charge in [0.1, 0.15) is 0 Å². The van der Waals surface area contributed by atoms with Crippen molar-refractivity contribution in [3.05, 3.63) is 0 Å². The maximum atomic E-state index is 9.95. The molecule has 0 radical (unpaired) electrons. The molecule has 0 aliphatic carbocycles. The zero-order valence-corrected chi connectivity index (χ0v) is 7.49. The SMILES string of the molecule is O=C([O-])CCC(=O)OO.[Na+]. The topological polar surface area (TPSA) is 86.7 Å². The van der Waals surface area contributed by atoms with Crippen molar-refractivity contribution >= 4 is 11.9 Å². The summed E-state index contributed by atoms with van der Waals surface area (Å²) in [5.41, 5.74) is 0. The van der Waals surface area contributed by atoms with Gasteiger partial charge < -0.3 is 14.8 Å². The first kappa shape index (κ1) is 12.6. The Bertz CT molecular complexity index is 123. The van der Waals surface area contributed by atoms with E-state index in [1.54, 1.807) is 0 Å². The number of carboxylic acid groups (broad SMARTS) is 1. The van der Waals surface area contributed by atoms with Crippen LogP contribution in [0.1, 0.15) is 12.8 Å². The number of hydrogen-bond acceptors (Lipinski definition) is 5. The van der Waals surface area contributed by atoms with Crippen molar-refractivity contribution in [2.45, 2.75) is 12.8 Å². The van der Waals surface area contributed by atoms with Crippen LogP contribution in [-0.4, -0.2) is 17.2 Å². The van der Waals surface area contributed by atoms with Crippen molar-refractivity contribution in [1.29, 1.82) is 0 Å². The smallest absolute Gasteiger partial charge is 0.550 e. The third-order valence-corrected chi connectivity index (χ3v) is 0.635. The minimum absolute atomic E-state index is 0. The van der Waals surface area contributed by atoms with Crippen molar-refractivity contribution in [1.82, 2.24) is 0 Å². The van der Waals surface area contributed by atoms with E-state index in [0.29, 0.717) is 0 Å². The van der Waals surface area contributed by atoms with Crippen LogP contribution in [0.15, 0.2) is 0 Å². The molecule has 0 spiro atoms. The number of rotatable bonds is 3. The van der Waals surface area contributed by atoms with Crippen LogP contribution < -0.4 is 34.7 Å². The van der Waals surface area contributed by atoms with Crippen LogP contribution in [-0.2, 0) is 14.5 Å². The molecule has 52 valence electrons. The second-order valence-corrected chi connectivity index (χ2v) is 1.34. The van der Waals surface area contributed by atoms with Gasteiger partial charge in [-0.15, -0.1) is 0 Å². The summed E-state index contributed by atoms with van der Waals surface area (Å²) in [6.07, 6.45) is -0.793. The Hall–Kier alpha value is -0.100. The van der Waals surface area contributed by atoms with Gasteiger partial charge in [-0.05, 0) is 6.42 Å². The molecule has 0 amide bonds. The number of carboxylic acids is 1. The minimum atomic E-state index is -1.35. The molecule has 0 aromatic heterocycles. The second-order valence-electron chi connectivity index (χ2n) is 1.34. The fourth-order valence-corrected chi connectivity index (χ4v) is 0.250. The van der Waals surface area contributed by atoms with Crippen LogP contribution in [0.4, 0.5) is 0 Å². The normalized spacial score (nSPS) is 7.70. The molecule has 0 heterocycles. The van der Waals surface area contributed by atoms with Gasteiger partial charge in [0.05, 0.1) is 6.42 Å². The van der Waals surface area contributed by atoms with Gasteiger partial charge in [-0.2, -0.15) is 5.26 Å². The van der Waals surface area contributed by atoms with Gasteiger partial charge >= 0.3 is 35.5 Å². The fourth-order valence-electron chi connectivity index (χ4n) is 0.250. The van der Waals surface area contributed by atoms with Crippen LogP contribution in [0.25, 0.3) is 0 Å². The Morgan fingerprint density at radius 2 is 1.90 bits per heavy atom. The zero-order valence-electron chi connectivity index (χ0n) is 5.49. The van der Waals surface area contributed by atoms with Crippen molar-refractivity contribution < 1.29 is 54.4 Å². The van der Waals surface area contributed by atoms with Crippen LogP contribution in [0.3, 0.4) is 0 Å². The Morgan fingerprint density at radius 1 is 1.40 bits per heavy atom. The standard InChI is InChI=1S/C4H6O5.Na/c5-3(6)1-2-4(7)9-8;/h8H,1-2H2,(H,5,6);/q;+1/p-1. The molecule has 0 rings (SSSR count). The van der Waals surface area contributed by atoms with Gasteiger partial charge in [-0.25, -0.2) is 4.79 Å². The summed E-state index contributed by atoms with van der Waals surface area (Å²) >= 11 is 0. The van der Waals surface area contributed by atoms with E-state index in [4.69, 9.17) is 5.26 Å². The summed E-state index contributed by atoms with van der Waals surface area (Å²) in [5.74, 6) is -2.32. The molecule has 0 atom stereocenters. The first-order valence-corrected chi connectivity index (χ1v) is 2.21. The van der Waals surface area contributed by atoms with E-state index in [1.165, 1.54) is 0 Å². The molecule has 0 bridgehead atoms.